The maximum absolute atomic E-state index is 5.71. The van der Waals surface area contributed by atoms with Crippen LogP contribution in [0.4, 0.5) is 11.9 Å². The number of ether oxygens (including phenoxy) is 4. The van der Waals surface area contributed by atoms with E-state index in [1.165, 1.54) is 0 Å². The lowest BCUT2D eigenvalue weighted by Gasteiger charge is -2.30. The summed E-state index contributed by atoms with van der Waals surface area (Å²) in [5, 5.41) is 0. The monoisotopic (exact) mass is 339 g/mol. The molecule has 0 N–H and O–H groups in total. The van der Waals surface area contributed by atoms with E-state index in [9.17, 15) is 0 Å². The molecule has 0 aliphatic carbocycles. The van der Waals surface area contributed by atoms with Gasteiger partial charge in [-0.1, -0.05) is 0 Å². The lowest BCUT2D eigenvalue weighted by atomic mass is 10.4. The van der Waals surface area contributed by atoms with Crippen molar-refractivity contribution >= 4 is 11.9 Å². The predicted octanol–water partition coefficient (Wildman–Crippen LogP) is -0.0399. The van der Waals surface area contributed by atoms with E-state index < -0.39 is 0 Å². The maximum Gasteiger partial charge on any atom is 0.323 e. The molecule has 0 unspecified atom stereocenters. The summed E-state index contributed by atoms with van der Waals surface area (Å²) in [4.78, 5) is 17.8. The van der Waals surface area contributed by atoms with Gasteiger partial charge in [-0.05, 0) is 0 Å². The van der Waals surface area contributed by atoms with E-state index in [2.05, 4.69) is 24.8 Å². The van der Waals surface area contributed by atoms with Crippen LogP contribution < -0.4 is 14.5 Å². The fraction of sp³-hybridized carbons (Fsp3) is 0.800. The van der Waals surface area contributed by atoms with Gasteiger partial charge in [0.05, 0.1) is 33.0 Å². The minimum Gasteiger partial charge on any atom is -0.463 e. The molecule has 2 aliphatic rings. The highest BCUT2D eigenvalue weighted by molar-refractivity contribution is 5.41. The molecular weight excluding hydrogens is 314 g/mol. The van der Waals surface area contributed by atoms with Crippen LogP contribution in [0, 0.1) is 0 Å². The summed E-state index contributed by atoms with van der Waals surface area (Å²) >= 11 is 0. The molecule has 9 nitrogen and oxygen atoms in total. The SMILES string of the molecule is COCCCOc1nc(N2CCOCC2)nc(N2CCOCC2)n1. The number of morpholine rings is 2. The first kappa shape index (κ1) is 17.1. The van der Waals surface area contributed by atoms with Crippen molar-refractivity contribution < 1.29 is 18.9 Å². The molecule has 1 aromatic heterocycles. The molecule has 3 rings (SSSR count). The van der Waals surface area contributed by atoms with E-state index in [0.717, 1.165) is 32.6 Å². The summed E-state index contributed by atoms with van der Waals surface area (Å²) < 4.78 is 21.6. The summed E-state index contributed by atoms with van der Waals surface area (Å²) in [6.07, 6.45) is 0.794. The smallest absolute Gasteiger partial charge is 0.323 e. The summed E-state index contributed by atoms with van der Waals surface area (Å²) in [6, 6.07) is 0.365. The fourth-order valence-electron chi connectivity index (χ4n) is 2.58. The number of aromatic nitrogens is 3. The van der Waals surface area contributed by atoms with Gasteiger partial charge in [-0.15, -0.1) is 0 Å². The minimum atomic E-state index is 0.365. The van der Waals surface area contributed by atoms with Crippen molar-refractivity contribution in [3.05, 3.63) is 0 Å². The van der Waals surface area contributed by atoms with Crippen molar-refractivity contribution in [1.29, 1.82) is 0 Å². The molecule has 0 saturated carbocycles. The van der Waals surface area contributed by atoms with Crippen LogP contribution in [0.5, 0.6) is 6.01 Å². The lowest BCUT2D eigenvalue weighted by molar-refractivity contribution is 0.120. The number of anilines is 2. The Bertz CT molecular complexity index is 470. The average molecular weight is 339 g/mol. The maximum atomic E-state index is 5.71. The normalized spacial score (nSPS) is 18.7. The van der Waals surface area contributed by atoms with Crippen molar-refractivity contribution in [2.24, 2.45) is 0 Å². The van der Waals surface area contributed by atoms with E-state index in [4.69, 9.17) is 18.9 Å². The standard InChI is InChI=1S/C15H25N5O4/c1-21-7-2-8-24-15-17-13(19-3-9-22-10-4-19)16-14(18-15)20-5-11-23-12-6-20/h2-12H2,1H3. The van der Waals surface area contributed by atoms with Gasteiger partial charge in [0.25, 0.3) is 0 Å². The van der Waals surface area contributed by atoms with Gasteiger partial charge in [-0.2, -0.15) is 15.0 Å². The van der Waals surface area contributed by atoms with E-state index in [0.29, 0.717) is 57.5 Å². The first-order chi connectivity index (χ1) is 11.9. The van der Waals surface area contributed by atoms with Crippen LogP contribution >= 0.6 is 0 Å². The van der Waals surface area contributed by atoms with Crippen LogP contribution in [-0.4, -0.2) is 87.9 Å². The van der Waals surface area contributed by atoms with Crippen LogP contribution in [0.1, 0.15) is 6.42 Å². The zero-order valence-corrected chi connectivity index (χ0v) is 14.1. The zero-order chi connectivity index (χ0) is 16.6. The quantitative estimate of drug-likeness (QED) is 0.635. The molecule has 9 heteroatoms. The second-order valence-electron chi connectivity index (χ2n) is 5.61. The Labute approximate surface area is 141 Å². The first-order valence-corrected chi connectivity index (χ1v) is 8.40. The third kappa shape index (κ3) is 4.65. The number of hydrogen-bond acceptors (Lipinski definition) is 9. The molecule has 1 aromatic rings. The summed E-state index contributed by atoms with van der Waals surface area (Å²) in [7, 11) is 1.68. The van der Waals surface area contributed by atoms with Crippen molar-refractivity contribution in [3.8, 4) is 6.01 Å². The molecule has 0 amide bonds. The van der Waals surface area contributed by atoms with Crippen LogP contribution in [0.15, 0.2) is 0 Å². The van der Waals surface area contributed by atoms with Crippen molar-refractivity contribution in [1.82, 2.24) is 15.0 Å². The van der Waals surface area contributed by atoms with E-state index in [1.807, 2.05) is 0 Å². The molecule has 0 aromatic carbocycles. The van der Waals surface area contributed by atoms with E-state index in [1.54, 1.807) is 7.11 Å². The Morgan fingerprint density at radius 1 is 0.833 bits per heavy atom. The van der Waals surface area contributed by atoms with Gasteiger partial charge in [0.2, 0.25) is 11.9 Å². The Hall–Kier alpha value is -1.71. The van der Waals surface area contributed by atoms with Crippen molar-refractivity contribution in [2.45, 2.75) is 6.42 Å². The summed E-state index contributed by atoms with van der Waals surface area (Å²) in [5.41, 5.74) is 0. The fourth-order valence-corrected chi connectivity index (χ4v) is 2.58. The highest BCUT2D eigenvalue weighted by Crippen LogP contribution is 2.19. The van der Waals surface area contributed by atoms with Crippen LogP contribution in [0.3, 0.4) is 0 Å². The molecule has 3 heterocycles. The topological polar surface area (TPSA) is 82.1 Å². The zero-order valence-electron chi connectivity index (χ0n) is 14.1. The summed E-state index contributed by atoms with van der Waals surface area (Å²) in [6.45, 7) is 6.99. The second kappa shape index (κ2) is 8.95. The molecule has 0 atom stereocenters. The summed E-state index contributed by atoms with van der Waals surface area (Å²) in [5.74, 6) is 1.30. The second-order valence-corrected chi connectivity index (χ2v) is 5.61. The molecule has 2 aliphatic heterocycles. The minimum absolute atomic E-state index is 0.365. The van der Waals surface area contributed by atoms with Gasteiger partial charge in [0.15, 0.2) is 0 Å². The molecule has 24 heavy (non-hydrogen) atoms. The molecular formula is C15H25N5O4. The van der Waals surface area contributed by atoms with Gasteiger partial charge in [0, 0.05) is 46.3 Å². The Morgan fingerprint density at radius 3 is 1.88 bits per heavy atom. The molecule has 2 fully saturated rings. The molecule has 134 valence electrons. The molecule has 0 spiro atoms. The van der Waals surface area contributed by atoms with Crippen molar-refractivity contribution in [3.63, 3.8) is 0 Å². The predicted molar refractivity (Wildman–Crippen MR) is 87.9 cm³/mol. The van der Waals surface area contributed by atoms with Gasteiger partial charge in [0.1, 0.15) is 0 Å². The van der Waals surface area contributed by atoms with Crippen molar-refractivity contribution in [2.75, 3.05) is 82.7 Å². The molecule has 0 bridgehead atoms. The number of rotatable bonds is 7. The van der Waals surface area contributed by atoms with Gasteiger partial charge >= 0.3 is 6.01 Å². The molecule has 2 saturated heterocycles. The number of methoxy groups -OCH3 is 1. The van der Waals surface area contributed by atoms with Gasteiger partial charge in [-0.25, -0.2) is 0 Å². The lowest BCUT2D eigenvalue weighted by Crippen LogP contribution is -2.40. The van der Waals surface area contributed by atoms with Crippen LogP contribution in [0.25, 0.3) is 0 Å². The van der Waals surface area contributed by atoms with Crippen LogP contribution in [0.2, 0.25) is 0 Å². The third-order valence-corrected chi connectivity index (χ3v) is 3.90. The first-order valence-electron chi connectivity index (χ1n) is 8.40. The third-order valence-electron chi connectivity index (χ3n) is 3.90. The van der Waals surface area contributed by atoms with Crippen LogP contribution in [-0.2, 0) is 14.2 Å². The van der Waals surface area contributed by atoms with E-state index >= 15 is 0 Å². The van der Waals surface area contributed by atoms with E-state index in [-0.39, 0.29) is 0 Å². The Balaban J connectivity index is 1.75. The Morgan fingerprint density at radius 2 is 1.38 bits per heavy atom. The Kier molecular flexibility index (Phi) is 6.39. The van der Waals surface area contributed by atoms with Gasteiger partial charge in [-0.3, -0.25) is 0 Å². The highest BCUT2D eigenvalue weighted by atomic mass is 16.5. The highest BCUT2D eigenvalue weighted by Gasteiger charge is 2.21. The average Bonchev–Trinajstić information content (AvgIpc) is 2.66. The largest absolute Gasteiger partial charge is 0.463 e. The number of hydrogen-bond donors (Lipinski definition) is 0. The molecule has 0 radical (unpaired) electrons. The number of nitrogens with zero attached hydrogens (tertiary/aromatic N) is 5. The van der Waals surface area contributed by atoms with Gasteiger partial charge < -0.3 is 28.7 Å².